The maximum absolute atomic E-state index is 12.9. The zero-order valence-electron chi connectivity index (χ0n) is 14.2. The van der Waals surface area contributed by atoms with Gasteiger partial charge in [-0.2, -0.15) is 0 Å². The highest BCUT2D eigenvalue weighted by molar-refractivity contribution is 5.89. The Morgan fingerprint density at radius 2 is 1.88 bits per heavy atom. The third kappa shape index (κ3) is 5.83. The number of rotatable bonds is 6. The maximum Gasteiger partial charge on any atom is 0.321 e. The van der Waals surface area contributed by atoms with Crippen LogP contribution < -0.4 is 10.6 Å². The van der Waals surface area contributed by atoms with Crippen LogP contribution in [0.3, 0.4) is 0 Å². The molecule has 0 unspecified atom stereocenters. The highest BCUT2D eigenvalue weighted by atomic mass is 19.1. The molecule has 2 rings (SSSR count). The molecule has 1 aliphatic rings. The molecule has 0 atom stereocenters. The third-order valence-electron chi connectivity index (χ3n) is 4.34. The van der Waals surface area contributed by atoms with Crippen molar-refractivity contribution < 1.29 is 14.0 Å². The van der Waals surface area contributed by atoms with Crippen molar-refractivity contribution >= 4 is 17.6 Å². The van der Waals surface area contributed by atoms with E-state index in [4.69, 9.17) is 0 Å². The molecular formula is C18H26FN3O2. The minimum Gasteiger partial charge on any atom is -0.356 e. The zero-order valence-corrected chi connectivity index (χ0v) is 14.2. The molecule has 6 heteroatoms. The van der Waals surface area contributed by atoms with Crippen molar-refractivity contribution in [2.45, 2.75) is 39.0 Å². The molecule has 0 aromatic heterocycles. The van der Waals surface area contributed by atoms with Crippen molar-refractivity contribution in [2.24, 2.45) is 5.92 Å². The SMILES string of the molecule is CCCCC(=O)NCC1CCN(C(=O)Nc2ccc(F)cc2)CC1. The molecule has 5 nitrogen and oxygen atoms in total. The van der Waals surface area contributed by atoms with Gasteiger partial charge in [-0.25, -0.2) is 9.18 Å². The molecular weight excluding hydrogens is 309 g/mol. The van der Waals surface area contributed by atoms with Crippen LogP contribution in [0.4, 0.5) is 14.9 Å². The number of hydrogen-bond donors (Lipinski definition) is 2. The molecule has 0 spiro atoms. The lowest BCUT2D eigenvalue weighted by molar-refractivity contribution is -0.121. The molecule has 2 N–H and O–H groups in total. The first-order valence-corrected chi connectivity index (χ1v) is 8.66. The predicted octanol–water partition coefficient (Wildman–Crippen LogP) is 3.38. The summed E-state index contributed by atoms with van der Waals surface area (Å²) < 4.78 is 12.9. The minimum atomic E-state index is -0.324. The fraction of sp³-hybridized carbons (Fsp3) is 0.556. The van der Waals surface area contributed by atoms with Crippen LogP contribution in [0.1, 0.15) is 39.0 Å². The monoisotopic (exact) mass is 335 g/mol. The van der Waals surface area contributed by atoms with Crippen molar-refractivity contribution in [1.82, 2.24) is 10.2 Å². The van der Waals surface area contributed by atoms with Gasteiger partial charge >= 0.3 is 6.03 Å². The van der Waals surface area contributed by atoms with E-state index in [2.05, 4.69) is 17.6 Å². The molecule has 0 bridgehead atoms. The average Bonchev–Trinajstić information content (AvgIpc) is 2.60. The predicted molar refractivity (Wildman–Crippen MR) is 92.3 cm³/mol. The second-order valence-corrected chi connectivity index (χ2v) is 6.28. The molecule has 1 saturated heterocycles. The Bertz CT molecular complexity index is 540. The van der Waals surface area contributed by atoms with Gasteiger partial charge in [-0.3, -0.25) is 4.79 Å². The number of urea groups is 1. The Labute approximate surface area is 142 Å². The van der Waals surface area contributed by atoms with Crippen LogP contribution in [0.2, 0.25) is 0 Å². The number of piperidine rings is 1. The van der Waals surface area contributed by atoms with Crippen LogP contribution >= 0.6 is 0 Å². The first-order valence-electron chi connectivity index (χ1n) is 8.66. The lowest BCUT2D eigenvalue weighted by atomic mass is 9.97. The van der Waals surface area contributed by atoms with Crippen LogP contribution in [0.15, 0.2) is 24.3 Å². The summed E-state index contributed by atoms with van der Waals surface area (Å²) in [5.74, 6) is 0.216. The fourth-order valence-electron chi connectivity index (χ4n) is 2.76. The molecule has 24 heavy (non-hydrogen) atoms. The van der Waals surface area contributed by atoms with Gasteiger partial charge in [0.05, 0.1) is 0 Å². The van der Waals surface area contributed by atoms with E-state index < -0.39 is 0 Å². The Kier molecular flexibility index (Phi) is 7.03. The van der Waals surface area contributed by atoms with Gasteiger partial charge < -0.3 is 15.5 Å². The number of nitrogens with one attached hydrogen (secondary N) is 2. The van der Waals surface area contributed by atoms with Crippen LogP contribution in [0.25, 0.3) is 0 Å². The molecule has 0 saturated carbocycles. The van der Waals surface area contributed by atoms with Crippen molar-refractivity contribution in [2.75, 3.05) is 25.0 Å². The van der Waals surface area contributed by atoms with Gasteiger partial charge in [-0.1, -0.05) is 13.3 Å². The lowest BCUT2D eigenvalue weighted by Crippen LogP contribution is -2.43. The van der Waals surface area contributed by atoms with Gasteiger partial charge in [0.25, 0.3) is 0 Å². The van der Waals surface area contributed by atoms with Crippen molar-refractivity contribution in [3.63, 3.8) is 0 Å². The van der Waals surface area contributed by atoms with Gasteiger partial charge in [0.15, 0.2) is 0 Å². The number of hydrogen-bond acceptors (Lipinski definition) is 2. The van der Waals surface area contributed by atoms with Crippen LogP contribution in [0.5, 0.6) is 0 Å². The number of carbonyl (C=O) groups excluding carboxylic acids is 2. The van der Waals surface area contributed by atoms with Crippen molar-refractivity contribution in [3.8, 4) is 0 Å². The number of carbonyl (C=O) groups is 2. The second-order valence-electron chi connectivity index (χ2n) is 6.28. The number of benzene rings is 1. The van der Waals surface area contributed by atoms with Crippen LogP contribution in [-0.4, -0.2) is 36.5 Å². The summed E-state index contributed by atoms with van der Waals surface area (Å²) in [5, 5.41) is 5.76. The van der Waals surface area contributed by atoms with E-state index in [1.165, 1.54) is 12.1 Å². The van der Waals surface area contributed by atoms with E-state index in [9.17, 15) is 14.0 Å². The normalized spacial score (nSPS) is 15.2. The quantitative estimate of drug-likeness (QED) is 0.837. The summed E-state index contributed by atoms with van der Waals surface area (Å²) in [6, 6.07) is 5.58. The van der Waals surface area contributed by atoms with Crippen molar-refractivity contribution in [1.29, 1.82) is 0 Å². The summed E-state index contributed by atoms with van der Waals surface area (Å²) in [7, 11) is 0. The molecule has 132 valence electrons. The Balaban J connectivity index is 1.69. The van der Waals surface area contributed by atoms with E-state index in [-0.39, 0.29) is 17.8 Å². The Morgan fingerprint density at radius 3 is 2.50 bits per heavy atom. The van der Waals surface area contributed by atoms with E-state index in [1.54, 1.807) is 17.0 Å². The summed E-state index contributed by atoms with van der Waals surface area (Å²) in [6.45, 7) is 4.10. The third-order valence-corrected chi connectivity index (χ3v) is 4.34. The van der Waals surface area contributed by atoms with Gasteiger partial charge in [0.1, 0.15) is 5.82 Å². The Hall–Kier alpha value is -2.11. The minimum absolute atomic E-state index is 0.119. The average molecular weight is 335 g/mol. The summed E-state index contributed by atoms with van der Waals surface area (Å²) in [6.07, 6.45) is 4.30. The van der Waals surface area contributed by atoms with Gasteiger partial charge in [-0.15, -0.1) is 0 Å². The highest BCUT2D eigenvalue weighted by Gasteiger charge is 2.23. The molecule has 1 aromatic rings. The van der Waals surface area contributed by atoms with Gasteiger partial charge in [0, 0.05) is 31.7 Å². The van der Waals surface area contributed by atoms with E-state index >= 15 is 0 Å². The number of amides is 3. The number of likely N-dealkylation sites (tertiary alicyclic amines) is 1. The van der Waals surface area contributed by atoms with E-state index in [0.29, 0.717) is 37.7 Å². The molecule has 0 radical (unpaired) electrons. The number of halogens is 1. The molecule has 0 aliphatic carbocycles. The van der Waals surface area contributed by atoms with Gasteiger partial charge in [-0.05, 0) is 49.4 Å². The second kappa shape index (κ2) is 9.25. The van der Waals surface area contributed by atoms with Crippen LogP contribution in [0, 0.1) is 11.7 Å². The lowest BCUT2D eigenvalue weighted by Gasteiger charge is -2.32. The first-order chi connectivity index (χ1) is 11.6. The largest absolute Gasteiger partial charge is 0.356 e. The molecule has 1 heterocycles. The van der Waals surface area contributed by atoms with E-state index in [1.807, 2.05) is 0 Å². The Morgan fingerprint density at radius 1 is 1.21 bits per heavy atom. The van der Waals surface area contributed by atoms with Crippen molar-refractivity contribution in [3.05, 3.63) is 30.1 Å². The van der Waals surface area contributed by atoms with E-state index in [0.717, 1.165) is 25.7 Å². The molecule has 3 amide bonds. The first kappa shape index (κ1) is 18.2. The van der Waals surface area contributed by atoms with Crippen LogP contribution in [-0.2, 0) is 4.79 Å². The number of nitrogens with zero attached hydrogens (tertiary/aromatic N) is 1. The fourth-order valence-corrected chi connectivity index (χ4v) is 2.76. The highest BCUT2D eigenvalue weighted by Crippen LogP contribution is 2.18. The number of unbranched alkanes of at least 4 members (excludes halogenated alkanes) is 1. The van der Waals surface area contributed by atoms with Gasteiger partial charge in [0.2, 0.25) is 5.91 Å². The summed E-state index contributed by atoms with van der Waals surface area (Å²) in [4.78, 5) is 25.6. The zero-order chi connectivity index (χ0) is 17.4. The summed E-state index contributed by atoms with van der Waals surface area (Å²) in [5.41, 5.74) is 0.590. The molecule has 1 aromatic carbocycles. The summed E-state index contributed by atoms with van der Waals surface area (Å²) >= 11 is 0. The smallest absolute Gasteiger partial charge is 0.321 e. The standard InChI is InChI=1S/C18H26FN3O2/c1-2-3-4-17(23)20-13-14-9-11-22(12-10-14)18(24)21-16-7-5-15(19)6-8-16/h5-8,14H,2-4,9-13H2,1H3,(H,20,23)(H,21,24). The molecule has 1 fully saturated rings. The topological polar surface area (TPSA) is 61.4 Å². The molecule has 1 aliphatic heterocycles. The number of anilines is 1. The maximum atomic E-state index is 12.9.